The molecule has 0 aliphatic heterocycles. The second-order valence-electron chi connectivity index (χ2n) is 11.0. The lowest BCUT2D eigenvalue weighted by atomic mass is 9.52. The normalized spacial score (nSPS) is 28.5. The number of benzene rings is 2. The van der Waals surface area contributed by atoms with Crippen LogP contribution in [-0.4, -0.2) is 83.1 Å². The average molecular weight is 580 g/mol. The Kier molecular flexibility index (Phi) is 7.11. The van der Waals surface area contributed by atoms with E-state index < -0.39 is 76.2 Å². The number of rotatable bonds is 5. The maximum atomic E-state index is 13.9. The number of methoxy groups -OCH3 is 1. The quantitative estimate of drug-likeness (QED) is 0.283. The lowest BCUT2D eigenvalue weighted by Gasteiger charge is -2.52. The van der Waals surface area contributed by atoms with Crippen molar-refractivity contribution in [2.45, 2.75) is 24.5 Å². The molecule has 2 unspecified atom stereocenters. The van der Waals surface area contributed by atoms with Gasteiger partial charge in [0.15, 0.2) is 34.7 Å². The van der Waals surface area contributed by atoms with Gasteiger partial charge in [0.25, 0.3) is 0 Å². The second kappa shape index (κ2) is 10.3. The first kappa shape index (κ1) is 28.9. The molecule has 0 saturated heterocycles. The minimum Gasteiger partial charge on any atom is -0.507 e. The van der Waals surface area contributed by atoms with Crippen molar-refractivity contribution >= 4 is 40.8 Å². The monoisotopic (exact) mass is 579 g/mol. The highest BCUT2D eigenvalue weighted by Crippen LogP contribution is 2.51. The van der Waals surface area contributed by atoms with Gasteiger partial charge in [0, 0.05) is 11.6 Å². The number of fused-ring (bicyclic) bond motifs is 3. The number of ether oxygens (including phenoxy) is 2. The highest BCUT2D eigenvalue weighted by molar-refractivity contribution is 6.32. The molecule has 0 bridgehead atoms. The predicted molar refractivity (Wildman–Crippen MR) is 144 cm³/mol. The Morgan fingerprint density at radius 2 is 1.67 bits per heavy atom. The molecule has 0 radical (unpaired) electrons. The molecule has 13 heteroatoms. The summed E-state index contributed by atoms with van der Waals surface area (Å²) in [5.74, 6) is -10.8. The van der Waals surface area contributed by atoms with Gasteiger partial charge in [-0.2, -0.15) is 0 Å². The molecule has 13 nitrogen and oxygen atoms in total. The van der Waals surface area contributed by atoms with E-state index in [9.17, 15) is 39.0 Å². The Labute approximate surface area is 239 Å². The first-order valence-electron chi connectivity index (χ1n) is 13.1. The number of phenols is 1. The summed E-state index contributed by atoms with van der Waals surface area (Å²) >= 11 is 0. The number of carbonyl (C=O) groups is 6. The molecular formula is C29H29N3O10. The summed E-state index contributed by atoms with van der Waals surface area (Å²) in [6.45, 7) is 0. The predicted octanol–water partition coefficient (Wildman–Crippen LogP) is 0.487. The Bertz CT molecular complexity index is 1530. The Hall–Kier alpha value is -4.62. The number of phenolic OH excluding ortho intramolecular Hbond substituents is 1. The molecule has 2 aromatic carbocycles. The summed E-state index contributed by atoms with van der Waals surface area (Å²) in [6, 6.07) is 7.56. The van der Waals surface area contributed by atoms with Crippen molar-refractivity contribution in [3.63, 3.8) is 0 Å². The molecule has 2 amide bonds. The number of aliphatic hydroxyl groups is 1. The third-order valence-corrected chi connectivity index (χ3v) is 8.45. The Morgan fingerprint density at radius 3 is 2.26 bits per heavy atom. The van der Waals surface area contributed by atoms with Crippen LogP contribution >= 0.6 is 0 Å². The summed E-state index contributed by atoms with van der Waals surface area (Å²) in [4.78, 5) is 80.3. The number of aromatic hydroxyl groups is 1. The van der Waals surface area contributed by atoms with Gasteiger partial charge in [-0.3, -0.25) is 34.2 Å². The Balaban J connectivity index is 1.50. The number of nitrogens with zero attached hydrogens (tertiary/aromatic N) is 1. The maximum absolute atomic E-state index is 13.9. The minimum atomic E-state index is -2.81. The molecule has 42 heavy (non-hydrogen) atoms. The van der Waals surface area contributed by atoms with Gasteiger partial charge in [-0.15, -0.1) is 0 Å². The fourth-order valence-corrected chi connectivity index (χ4v) is 6.61. The van der Waals surface area contributed by atoms with E-state index in [2.05, 4.69) is 5.32 Å². The fourth-order valence-electron chi connectivity index (χ4n) is 6.61. The van der Waals surface area contributed by atoms with Crippen molar-refractivity contribution < 1.29 is 48.5 Å². The van der Waals surface area contributed by atoms with Crippen molar-refractivity contribution in [3.8, 4) is 17.2 Å². The van der Waals surface area contributed by atoms with Gasteiger partial charge in [-0.25, -0.2) is 4.79 Å². The summed E-state index contributed by atoms with van der Waals surface area (Å²) in [6.07, 6.45) is -1.02. The minimum absolute atomic E-state index is 0.0155. The van der Waals surface area contributed by atoms with Crippen LogP contribution in [0.5, 0.6) is 17.2 Å². The second-order valence-corrected chi connectivity index (χ2v) is 11.0. The van der Waals surface area contributed by atoms with E-state index in [1.54, 1.807) is 12.1 Å². The molecule has 0 heterocycles. The standard InChI is InChI=1S/C29H29N3O10/c1-32(2)22-16-11-12-10-15-17(31-28(39)42-14-6-4-13(41-3)5-7-14)8-9-18(33)20(15)23(34)19(12)25(36)29(16,40)26(37)21(24(22)35)27(30)38/h4-9,12,16,19,21-22,33,40H,10-11H2,1-3H3,(H2,30,38)(H,31,39)/t12-,16-,19?,21?,22-,29-/m0/s1. The molecule has 6 atom stereocenters. The van der Waals surface area contributed by atoms with Gasteiger partial charge in [0.1, 0.15) is 17.2 Å². The van der Waals surface area contributed by atoms with Crippen LogP contribution < -0.4 is 20.5 Å². The molecule has 2 aromatic rings. The lowest BCUT2D eigenvalue weighted by Crippen LogP contribution is -2.74. The molecule has 2 fully saturated rings. The van der Waals surface area contributed by atoms with Crippen LogP contribution in [0, 0.1) is 23.7 Å². The number of anilines is 1. The number of carbonyl (C=O) groups excluding carboxylic acids is 6. The average Bonchev–Trinajstić information content (AvgIpc) is 2.92. The summed E-state index contributed by atoms with van der Waals surface area (Å²) in [5, 5.41) is 24.8. The summed E-state index contributed by atoms with van der Waals surface area (Å²) < 4.78 is 10.4. The van der Waals surface area contributed by atoms with E-state index >= 15 is 0 Å². The third-order valence-electron chi connectivity index (χ3n) is 8.45. The highest BCUT2D eigenvalue weighted by Gasteiger charge is 2.69. The molecule has 0 spiro atoms. The number of amides is 2. The van der Waals surface area contributed by atoms with Crippen LogP contribution in [0.15, 0.2) is 36.4 Å². The maximum Gasteiger partial charge on any atom is 0.417 e. The Morgan fingerprint density at radius 1 is 1.02 bits per heavy atom. The highest BCUT2D eigenvalue weighted by atomic mass is 16.6. The zero-order chi connectivity index (χ0) is 30.7. The van der Waals surface area contributed by atoms with Crippen molar-refractivity contribution in [1.29, 1.82) is 0 Å². The van der Waals surface area contributed by atoms with Gasteiger partial charge in [-0.1, -0.05) is 0 Å². The molecule has 220 valence electrons. The van der Waals surface area contributed by atoms with Crippen LogP contribution in [0.4, 0.5) is 10.5 Å². The SMILES string of the molecule is COc1ccc(OC(=O)Nc2ccc(O)c3c2C[C@H]2C[C@H]4[C@H](N(C)C)C(=O)C(C(N)=O)C(=O)[C@@]4(O)C(=O)C2C3=O)cc1. The molecule has 2 saturated carbocycles. The van der Waals surface area contributed by atoms with Gasteiger partial charge >= 0.3 is 6.09 Å². The first-order valence-corrected chi connectivity index (χ1v) is 13.1. The number of likely N-dealkylation sites (N-methyl/N-ethyl adjacent to an activating group) is 1. The molecule has 3 aliphatic carbocycles. The van der Waals surface area contributed by atoms with E-state index in [0.717, 1.165) is 0 Å². The molecular weight excluding hydrogens is 550 g/mol. The number of nitrogens with one attached hydrogen (secondary N) is 1. The molecule has 0 aromatic heterocycles. The van der Waals surface area contributed by atoms with Crippen molar-refractivity contribution in [2.75, 3.05) is 26.5 Å². The van der Waals surface area contributed by atoms with Gasteiger partial charge in [-0.05, 0) is 74.8 Å². The lowest BCUT2D eigenvalue weighted by molar-refractivity contribution is -0.181. The number of hydrogen-bond acceptors (Lipinski definition) is 11. The largest absolute Gasteiger partial charge is 0.507 e. The molecule has 3 aliphatic rings. The number of ketones is 4. The third kappa shape index (κ3) is 4.32. The van der Waals surface area contributed by atoms with E-state index in [1.807, 2.05) is 0 Å². The zero-order valence-electron chi connectivity index (χ0n) is 23.0. The number of Topliss-reactive ketones (excluding diaryl/α,β-unsaturated/α-hetero) is 4. The van der Waals surface area contributed by atoms with E-state index in [4.69, 9.17) is 15.2 Å². The van der Waals surface area contributed by atoms with Gasteiger partial charge < -0.3 is 25.4 Å². The summed E-state index contributed by atoms with van der Waals surface area (Å²) in [5.41, 5.74) is 2.64. The zero-order valence-corrected chi connectivity index (χ0v) is 23.0. The van der Waals surface area contributed by atoms with Crippen LogP contribution in [0.2, 0.25) is 0 Å². The van der Waals surface area contributed by atoms with Crippen LogP contribution in [-0.2, 0) is 25.6 Å². The topological polar surface area (TPSA) is 203 Å². The van der Waals surface area contributed by atoms with Crippen LogP contribution in [0.25, 0.3) is 0 Å². The van der Waals surface area contributed by atoms with Crippen molar-refractivity contribution in [2.24, 2.45) is 29.4 Å². The van der Waals surface area contributed by atoms with Crippen molar-refractivity contribution in [1.82, 2.24) is 4.90 Å². The number of primary amides is 1. The number of nitrogens with two attached hydrogens (primary N) is 1. The van der Waals surface area contributed by atoms with E-state index in [0.29, 0.717) is 5.75 Å². The first-order chi connectivity index (χ1) is 19.8. The smallest absolute Gasteiger partial charge is 0.417 e. The van der Waals surface area contributed by atoms with Gasteiger partial charge in [0.05, 0.1) is 24.6 Å². The van der Waals surface area contributed by atoms with E-state index in [-0.39, 0.29) is 35.4 Å². The van der Waals surface area contributed by atoms with Gasteiger partial charge in [0.2, 0.25) is 5.91 Å². The van der Waals surface area contributed by atoms with Crippen LogP contribution in [0.1, 0.15) is 22.3 Å². The molecule has 5 N–H and O–H groups in total. The summed E-state index contributed by atoms with van der Waals surface area (Å²) in [7, 11) is 4.50. The number of hydrogen-bond donors (Lipinski definition) is 4. The van der Waals surface area contributed by atoms with Crippen molar-refractivity contribution in [3.05, 3.63) is 47.5 Å². The van der Waals surface area contributed by atoms with Crippen LogP contribution in [0.3, 0.4) is 0 Å². The van der Waals surface area contributed by atoms with E-state index in [1.165, 1.54) is 50.4 Å². The molecule has 5 rings (SSSR count). The fraction of sp³-hybridized carbons (Fsp3) is 0.379.